The maximum Gasteiger partial charge on any atom is 0.160 e. The van der Waals surface area contributed by atoms with Gasteiger partial charge in [0, 0.05) is 65.5 Å². The van der Waals surface area contributed by atoms with E-state index in [1.165, 1.54) is 36.3 Å². The molecule has 0 saturated heterocycles. The molecule has 0 bridgehead atoms. The molecule has 12 aromatic rings. The molecule has 5 nitrogen and oxygen atoms in total. The van der Waals surface area contributed by atoms with Gasteiger partial charge in [0.15, 0.2) is 12.0 Å². The van der Waals surface area contributed by atoms with Gasteiger partial charge in [-0.05, 0) is 87.3 Å². The van der Waals surface area contributed by atoms with Crippen molar-refractivity contribution in [2.75, 3.05) is 7.05 Å². The highest BCUT2D eigenvalue weighted by Crippen LogP contribution is 2.45. The van der Waals surface area contributed by atoms with E-state index in [0.717, 1.165) is 82.9 Å². The molecule has 1 atom stereocenters. The predicted octanol–water partition coefficient (Wildman–Crippen LogP) is 14.7. The monoisotopic (exact) mass is 787 g/mol. The minimum Gasteiger partial charge on any atom is -0.456 e. The molecule has 1 unspecified atom stereocenters. The second kappa shape index (κ2) is 12.7. The van der Waals surface area contributed by atoms with Gasteiger partial charge in [0.1, 0.15) is 28.2 Å². The van der Waals surface area contributed by atoms with Crippen LogP contribution in [0.3, 0.4) is 0 Å². The van der Waals surface area contributed by atoms with Gasteiger partial charge in [-0.2, -0.15) is 0 Å². The number of fused-ring (bicyclic) bond motifs is 12. The number of nitrogens with zero attached hydrogens (tertiary/aromatic N) is 3. The highest BCUT2D eigenvalue weighted by Gasteiger charge is 2.30. The van der Waals surface area contributed by atoms with E-state index in [9.17, 15) is 0 Å². The molecule has 1 aliphatic rings. The van der Waals surface area contributed by atoms with Crippen molar-refractivity contribution in [3.63, 3.8) is 0 Å². The Morgan fingerprint density at radius 1 is 0.483 bits per heavy atom. The molecule has 282 valence electrons. The number of rotatable bonds is 4. The Balaban J connectivity index is 1.06. The van der Waals surface area contributed by atoms with Crippen LogP contribution in [0.5, 0.6) is 0 Å². The van der Waals surface area contributed by atoms with E-state index in [0.29, 0.717) is 5.84 Å². The van der Waals surface area contributed by atoms with Crippen LogP contribution in [0.4, 0.5) is 0 Å². The van der Waals surface area contributed by atoms with Crippen molar-refractivity contribution in [3.8, 4) is 11.1 Å². The van der Waals surface area contributed by atoms with Crippen molar-refractivity contribution < 1.29 is 8.83 Å². The first kappa shape index (κ1) is 33.4. The summed E-state index contributed by atoms with van der Waals surface area (Å²) in [6.07, 6.45) is -0.378. The average molecular weight is 788 g/mol. The Bertz CT molecular complexity index is 3830. The number of thiophene rings is 1. The largest absolute Gasteiger partial charge is 0.456 e. The first-order chi connectivity index (χ1) is 29.6. The smallest absolute Gasteiger partial charge is 0.160 e. The SMILES string of the molecule is CN1C(c2ccc3c(ccc4ccccc43)c2)=NC(c2ccc(-c3cccc4sc5ccccc5c34)c3oc4ccccc4c23)=NC1c1ccc2oc3ccccc3c2c1. The molecule has 0 radical (unpaired) electrons. The zero-order chi connectivity index (χ0) is 39.5. The fourth-order valence-electron chi connectivity index (χ4n) is 9.50. The van der Waals surface area contributed by atoms with Crippen molar-refractivity contribution in [1.29, 1.82) is 0 Å². The summed E-state index contributed by atoms with van der Waals surface area (Å²) in [4.78, 5) is 13.3. The molecule has 9 aromatic carbocycles. The minimum atomic E-state index is -0.378. The molecule has 13 rings (SSSR count). The second-order valence-corrected chi connectivity index (χ2v) is 16.8. The van der Waals surface area contributed by atoms with E-state index in [-0.39, 0.29) is 6.17 Å². The lowest BCUT2D eigenvalue weighted by atomic mass is 9.94. The maximum absolute atomic E-state index is 6.89. The molecule has 6 heteroatoms. The van der Waals surface area contributed by atoms with Gasteiger partial charge >= 0.3 is 0 Å². The van der Waals surface area contributed by atoms with Gasteiger partial charge in [-0.15, -0.1) is 11.3 Å². The molecule has 0 N–H and O–H groups in total. The standard InChI is InChI=1S/C54H33N3O2S/c1-57-53(33-23-25-36-32(29-33)22-21-31-11-2-3-12-35(31)36)55-52(56-54(57)34-24-28-46-43(30-34)37-13-4-7-17-44(37)58-46)42-27-26-39(51-50(42)40-14-5-8-18-45(40)59-51)38-16-10-20-48-49(38)41-15-6-9-19-47(41)60-48/h2-30,54H,1H3. The Morgan fingerprint density at radius 2 is 1.18 bits per heavy atom. The number of benzene rings is 9. The van der Waals surface area contributed by atoms with Gasteiger partial charge in [-0.25, -0.2) is 9.98 Å². The van der Waals surface area contributed by atoms with Crippen LogP contribution in [0.15, 0.2) is 195 Å². The fraction of sp³-hybridized carbons (Fsp3) is 0.0370. The van der Waals surface area contributed by atoms with Gasteiger partial charge in [-0.3, -0.25) is 0 Å². The van der Waals surface area contributed by atoms with E-state index in [1.54, 1.807) is 0 Å². The molecule has 1 aliphatic heterocycles. The van der Waals surface area contributed by atoms with E-state index in [4.69, 9.17) is 18.8 Å². The number of furan rings is 2. The molecule has 4 heterocycles. The summed E-state index contributed by atoms with van der Waals surface area (Å²) in [5, 5.41) is 11.5. The second-order valence-electron chi connectivity index (χ2n) is 15.7. The first-order valence-electron chi connectivity index (χ1n) is 20.2. The van der Waals surface area contributed by atoms with Crippen LogP contribution in [0, 0.1) is 0 Å². The lowest BCUT2D eigenvalue weighted by Crippen LogP contribution is -2.35. The maximum atomic E-state index is 6.89. The summed E-state index contributed by atoms with van der Waals surface area (Å²) in [6.45, 7) is 0. The number of aliphatic imine (C=N–C) groups is 2. The van der Waals surface area contributed by atoms with E-state index in [2.05, 4.69) is 170 Å². The zero-order valence-corrected chi connectivity index (χ0v) is 33.2. The highest BCUT2D eigenvalue weighted by atomic mass is 32.1. The summed E-state index contributed by atoms with van der Waals surface area (Å²) < 4.78 is 15.7. The zero-order valence-electron chi connectivity index (χ0n) is 32.4. The van der Waals surface area contributed by atoms with Crippen LogP contribution < -0.4 is 0 Å². The Morgan fingerprint density at radius 3 is 2.08 bits per heavy atom. The Labute approximate surface area is 347 Å². The lowest BCUT2D eigenvalue weighted by molar-refractivity contribution is 0.383. The third-order valence-corrected chi connectivity index (χ3v) is 13.5. The van der Waals surface area contributed by atoms with Gasteiger partial charge in [0.05, 0.1) is 0 Å². The first-order valence-corrected chi connectivity index (χ1v) is 21.0. The summed E-state index contributed by atoms with van der Waals surface area (Å²) in [5.74, 6) is 1.50. The lowest BCUT2D eigenvalue weighted by Gasteiger charge is -2.32. The Kier molecular flexibility index (Phi) is 7.09. The summed E-state index contributed by atoms with van der Waals surface area (Å²) in [6, 6.07) is 62.4. The van der Waals surface area contributed by atoms with E-state index >= 15 is 0 Å². The number of hydrogen-bond donors (Lipinski definition) is 0. The van der Waals surface area contributed by atoms with E-state index in [1.807, 2.05) is 29.5 Å². The van der Waals surface area contributed by atoms with Crippen LogP contribution in [-0.4, -0.2) is 23.6 Å². The van der Waals surface area contributed by atoms with Crippen molar-refractivity contribution in [2.45, 2.75) is 6.17 Å². The molecule has 0 spiro atoms. The normalized spacial score (nSPS) is 14.8. The third kappa shape index (κ3) is 4.92. The molecular formula is C54H33N3O2S. The van der Waals surface area contributed by atoms with Crippen LogP contribution in [-0.2, 0) is 0 Å². The van der Waals surface area contributed by atoms with Crippen molar-refractivity contribution in [1.82, 2.24) is 4.90 Å². The number of para-hydroxylation sites is 2. The van der Waals surface area contributed by atoms with Crippen molar-refractivity contribution in [2.24, 2.45) is 9.98 Å². The molecule has 0 saturated carbocycles. The summed E-state index contributed by atoms with van der Waals surface area (Å²) in [7, 11) is 2.10. The van der Waals surface area contributed by atoms with Gasteiger partial charge < -0.3 is 13.7 Å². The molecule has 0 amide bonds. The summed E-state index contributed by atoms with van der Waals surface area (Å²) in [5.41, 5.74) is 8.59. The Hall–Kier alpha value is -7.54. The number of amidine groups is 2. The molecule has 3 aromatic heterocycles. The van der Waals surface area contributed by atoms with Crippen LogP contribution in [0.2, 0.25) is 0 Å². The van der Waals surface area contributed by atoms with Gasteiger partial charge in [0.25, 0.3) is 0 Å². The third-order valence-electron chi connectivity index (χ3n) is 12.3. The van der Waals surface area contributed by atoms with Crippen molar-refractivity contribution in [3.05, 3.63) is 193 Å². The molecule has 0 fully saturated rings. The highest BCUT2D eigenvalue weighted by molar-refractivity contribution is 7.25. The predicted molar refractivity (Wildman–Crippen MR) is 251 cm³/mol. The fourth-order valence-corrected chi connectivity index (χ4v) is 10.6. The van der Waals surface area contributed by atoms with Gasteiger partial charge in [-0.1, -0.05) is 121 Å². The van der Waals surface area contributed by atoms with Crippen LogP contribution in [0.25, 0.3) is 96.7 Å². The van der Waals surface area contributed by atoms with Crippen molar-refractivity contribution >= 4 is 109 Å². The minimum absolute atomic E-state index is 0.378. The summed E-state index contributed by atoms with van der Waals surface area (Å²) >= 11 is 1.83. The molecular weight excluding hydrogens is 755 g/mol. The van der Waals surface area contributed by atoms with E-state index < -0.39 is 0 Å². The topological polar surface area (TPSA) is 54.2 Å². The quantitative estimate of drug-likeness (QED) is 0.167. The van der Waals surface area contributed by atoms with Crippen LogP contribution >= 0.6 is 11.3 Å². The molecule has 60 heavy (non-hydrogen) atoms. The van der Waals surface area contributed by atoms with Gasteiger partial charge in [0.2, 0.25) is 0 Å². The van der Waals surface area contributed by atoms with Crippen LogP contribution in [0.1, 0.15) is 22.9 Å². The number of hydrogen-bond acceptors (Lipinski definition) is 6. The average Bonchev–Trinajstić information content (AvgIpc) is 4.00. The molecule has 0 aliphatic carbocycles.